The summed E-state index contributed by atoms with van der Waals surface area (Å²) in [4.78, 5) is 6.09. The number of hydrogen-bond donors (Lipinski definition) is 0. The van der Waals surface area contributed by atoms with Crippen LogP contribution in [0.5, 0.6) is 0 Å². The van der Waals surface area contributed by atoms with Crippen LogP contribution in [-0.2, 0) is 0 Å². The molecule has 0 unspecified atom stereocenters. The molecule has 0 atom stereocenters. The van der Waals surface area contributed by atoms with Crippen molar-refractivity contribution in [1.29, 1.82) is 0 Å². The third-order valence-corrected chi connectivity index (χ3v) is 9.51. The molecule has 0 aromatic carbocycles. The lowest BCUT2D eigenvalue weighted by Gasteiger charge is -2.39. The van der Waals surface area contributed by atoms with Crippen LogP contribution in [0.1, 0.15) is 38.5 Å². The third kappa shape index (κ3) is 3.23. The fraction of sp³-hybridized carbons (Fsp3) is 0.667. The lowest BCUT2D eigenvalue weighted by atomic mass is 10.4. The van der Waals surface area contributed by atoms with Crippen molar-refractivity contribution in [3.8, 4) is 0 Å². The predicted octanol–water partition coefficient (Wildman–Crippen LogP) is 2.67. The van der Waals surface area contributed by atoms with Crippen LogP contribution < -0.4 is 4.62 Å². The van der Waals surface area contributed by atoms with Gasteiger partial charge in [0.25, 0.3) is 0 Å². The molecule has 0 spiro atoms. The van der Waals surface area contributed by atoms with Gasteiger partial charge in [-0.3, -0.25) is 0 Å². The van der Waals surface area contributed by atoms with E-state index in [1.165, 1.54) is 38.5 Å². The molecule has 5 rings (SSSR count). The quantitative estimate of drug-likeness (QED) is 0.574. The molecule has 8 nitrogen and oxygen atoms in total. The topological polar surface area (TPSA) is 62.6 Å². The molecular weight excluding hydrogens is 361 g/mol. The molecule has 0 aliphatic carbocycles. The van der Waals surface area contributed by atoms with Gasteiger partial charge in [-0.1, -0.05) is 0 Å². The van der Waals surface area contributed by atoms with E-state index in [1.807, 2.05) is 12.1 Å². The molecular formula is C18H30N7OP. The van der Waals surface area contributed by atoms with Crippen molar-refractivity contribution in [2.75, 3.05) is 39.3 Å². The second kappa shape index (κ2) is 7.95. The summed E-state index contributed by atoms with van der Waals surface area (Å²) in [5, 5.41) is 8.59. The fourth-order valence-corrected chi connectivity index (χ4v) is 8.59. The Kier molecular flexibility index (Phi) is 5.60. The lowest BCUT2D eigenvalue weighted by Crippen LogP contribution is -2.47. The first-order valence-electron chi connectivity index (χ1n) is 9.90. The summed E-state index contributed by atoms with van der Waals surface area (Å²) in [6, 6.07) is 3.84. The van der Waals surface area contributed by atoms with Gasteiger partial charge in [0, 0.05) is 45.5 Å². The zero-order chi connectivity index (χ0) is 17.4. The highest BCUT2D eigenvalue weighted by atomic mass is 31.2. The first kappa shape index (κ1) is 19.0. The highest BCUT2D eigenvalue weighted by Gasteiger charge is 2.63. The molecule has 9 heteroatoms. The molecule has 5 heterocycles. The number of fused-ring (bicyclic) bond motifs is 1. The van der Waals surface area contributed by atoms with Crippen LogP contribution in [0.3, 0.4) is 0 Å². The van der Waals surface area contributed by atoms with Gasteiger partial charge in [0.2, 0.25) is 5.65 Å². The number of nitrogens with zero attached hydrogens (tertiary/aromatic N) is 7. The first-order chi connectivity index (χ1) is 12.9. The van der Waals surface area contributed by atoms with Crippen molar-refractivity contribution in [2.24, 2.45) is 0 Å². The third-order valence-electron chi connectivity index (χ3n) is 5.72. The van der Waals surface area contributed by atoms with Crippen molar-refractivity contribution in [3.63, 3.8) is 0 Å². The Morgan fingerprint density at radius 2 is 1.33 bits per heavy atom. The Morgan fingerprint density at radius 3 is 1.85 bits per heavy atom. The second-order valence-electron chi connectivity index (χ2n) is 7.39. The number of aromatic nitrogens is 4. The largest absolute Gasteiger partial charge is 0.451 e. The molecule has 2 aromatic heterocycles. The van der Waals surface area contributed by atoms with Gasteiger partial charge in [-0.25, -0.2) is 4.98 Å². The maximum atomic E-state index is 6.88. The van der Waals surface area contributed by atoms with E-state index in [9.17, 15) is 0 Å². The van der Waals surface area contributed by atoms with Gasteiger partial charge >= 0.3 is 7.94 Å². The van der Waals surface area contributed by atoms with Crippen LogP contribution in [0.4, 0.5) is 0 Å². The van der Waals surface area contributed by atoms with Crippen LogP contribution in [0.2, 0.25) is 0 Å². The maximum Gasteiger partial charge on any atom is 0.451 e. The minimum absolute atomic E-state index is 0. The van der Waals surface area contributed by atoms with E-state index < -0.39 is 7.94 Å². The van der Waals surface area contributed by atoms with Gasteiger partial charge in [-0.05, 0) is 60.7 Å². The summed E-state index contributed by atoms with van der Waals surface area (Å²) < 4.78 is 14.8. The molecule has 0 saturated carbocycles. The Balaban J connectivity index is 0.00000180. The smallest absolute Gasteiger partial charge is 0.358 e. The molecule has 27 heavy (non-hydrogen) atoms. The van der Waals surface area contributed by atoms with E-state index in [2.05, 4.69) is 29.3 Å². The normalized spacial score (nSPS) is 22.5. The van der Waals surface area contributed by atoms with Crippen molar-refractivity contribution in [1.82, 2.24) is 34.2 Å². The van der Waals surface area contributed by atoms with Crippen LogP contribution in [0.25, 0.3) is 11.2 Å². The fourth-order valence-electron chi connectivity index (χ4n) is 4.48. The van der Waals surface area contributed by atoms with Crippen LogP contribution in [-0.4, -0.2) is 73.4 Å². The molecule has 3 fully saturated rings. The Morgan fingerprint density at radius 1 is 0.815 bits per heavy atom. The molecule has 0 amide bonds. The van der Waals surface area contributed by atoms with Crippen LogP contribution >= 0.6 is 7.94 Å². The van der Waals surface area contributed by atoms with Gasteiger partial charge in [0.15, 0.2) is 0 Å². The zero-order valence-electron chi connectivity index (χ0n) is 16.2. The zero-order valence-corrected chi connectivity index (χ0v) is 17.1. The first-order valence-corrected chi connectivity index (χ1v) is 11.5. The summed E-state index contributed by atoms with van der Waals surface area (Å²) in [6.07, 6.45) is 9.30. The van der Waals surface area contributed by atoms with Gasteiger partial charge in [0.1, 0.15) is 5.52 Å². The van der Waals surface area contributed by atoms with Crippen molar-refractivity contribution in [2.45, 2.75) is 38.5 Å². The molecule has 0 radical (unpaired) electrons. The SMILES string of the molecule is [CH3-].c1cnc2c(c1)nnn2O[P+](N1CCCC1)(N1CCCC1)N1CCCC1. The van der Waals surface area contributed by atoms with Gasteiger partial charge in [-0.2, -0.15) is 4.62 Å². The molecule has 3 aliphatic heterocycles. The monoisotopic (exact) mass is 391 g/mol. The molecule has 2 aromatic rings. The van der Waals surface area contributed by atoms with Crippen LogP contribution in [0.15, 0.2) is 18.3 Å². The van der Waals surface area contributed by atoms with Gasteiger partial charge in [-0.15, -0.1) is 19.1 Å². The standard InChI is InChI=1S/C17H27N7OP.CH3/c1-2-11-21(10-1)26(22-12-3-4-13-22,23-14-5-6-15-23)25-24-17-16(19-20-24)8-7-9-18-17;/h7-9H,1-6,10-15H2;1H3/q+1;-1. The second-order valence-corrected chi connectivity index (χ2v) is 10.3. The Bertz CT molecular complexity index is 710. The minimum Gasteiger partial charge on any atom is -0.358 e. The van der Waals surface area contributed by atoms with Gasteiger partial charge in [0.05, 0.1) is 0 Å². The Labute approximate surface area is 162 Å². The van der Waals surface area contributed by atoms with E-state index >= 15 is 0 Å². The summed E-state index contributed by atoms with van der Waals surface area (Å²) in [5.74, 6) is 0. The molecule has 0 bridgehead atoms. The van der Waals surface area contributed by atoms with Gasteiger partial charge < -0.3 is 7.43 Å². The molecule has 0 N–H and O–H groups in total. The highest BCUT2D eigenvalue weighted by molar-refractivity contribution is 7.64. The lowest BCUT2D eigenvalue weighted by molar-refractivity contribution is 0.168. The van der Waals surface area contributed by atoms with E-state index in [0.29, 0.717) is 0 Å². The molecule has 3 aliphatic rings. The van der Waals surface area contributed by atoms with Crippen LogP contribution in [0, 0.1) is 7.43 Å². The summed E-state index contributed by atoms with van der Waals surface area (Å²) in [6.45, 7) is 6.67. The maximum absolute atomic E-state index is 6.88. The average molecular weight is 391 g/mol. The predicted molar refractivity (Wildman–Crippen MR) is 108 cm³/mol. The molecule has 3 saturated heterocycles. The van der Waals surface area contributed by atoms with E-state index in [-0.39, 0.29) is 7.43 Å². The number of hydrogen-bond acceptors (Lipinski definition) is 7. The minimum atomic E-state index is -2.11. The number of pyridine rings is 1. The Hall–Kier alpha value is -1.34. The molecule has 148 valence electrons. The average Bonchev–Trinajstić information content (AvgIpc) is 3.49. The van der Waals surface area contributed by atoms with E-state index in [1.54, 1.807) is 11.0 Å². The van der Waals surface area contributed by atoms with E-state index in [0.717, 1.165) is 50.4 Å². The summed E-state index contributed by atoms with van der Waals surface area (Å²) in [7, 11) is -2.11. The van der Waals surface area contributed by atoms with Crippen molar-refractivity contribution in [3.05, 3.63) is 25.8 Å². The van der Waals surface area contributed by atoms with E-state index in [4.69, 9.17) is 4.62 Å². The number of rotatable bonds is 5. The summed E-state index contributed by atoms with van der Waals surface area (Å²) in [5.41, 5.74) is 1.50. The van der Waals surface area contributed by atoms with Crippen molar-refractivity contribution < 1.29 is 4.62 Å². The van der Waals surface area contributed by atoms with Crippen molar-refractivity contribution >= 4 is 19.1 Å². The summed E-state index contributed by atoms with van der Waals surface area (Å²) >= 11 is 0. The highest BCUT2D eigenvalue weighted by Crippen LogP contribution is 2.68.